The minimum absolute atomic E-state index is 0.133. The number of hydrogen-bond donors (Lipinski definition) is 0. The largest absolute Gasteiger partial charge is 0.473 e. The quantitative estimate of drug-likeness (QED) is 0.486. The second-order valence-corrected chi connectivity index (χ2v) is 6.87. The van der Waals surface area contributed by atoms with Gasteiger partial charge in [0.15, 0.2) is 0 Å². The number of likely N-dealkylation sites (N-methyl/N-ethyl adjacent to an activating group) is 2. The molecule has 0 spiro atoms. The van der Waals surface area contributed by atoms with Crippen LogP contribution in [0.5, 0.6) is 5.88 Å². The summed E-state index contributed by atoms with van der Waals surface area (Å²) in [4.78, 5) is 53.5. The Kier molecular flexibility index (Phi) is 3.79. The summed E-state index contributed by atoms with van der Waals surface area (Å²) < 4.78 is 6.85. The smallest absolute Gasteiger partial charge is 0.333 e. The Hall–Kier alpha value is -3.17. The second kappa shape index (κ2) is 5.93. The fourth-order valence-electron chi connectivity index (χ4n) is 3.72. The monoisotopic (exact) mass is 373 g/mol. The predicted octanol–water partition coefficient (Wildman–Crippen LogP) is -0.425. The SMILES string of the molecule is CN1C(=O)C(=Cc2c3c(nn(C)c2=O)OCC2CCCN32)C(=O)N(C)C1=O. The highest BCUT2D eigenvalue weighted by Crippen LogP contribution is 2.38. The van der Waals surface area contributed by atoms with Crippen LogP contribution in [0.2, 0.25) is 0 Å². The number of carbonyl (C=O) groups excluding carboxylic acids is 3. The van der Waals surface area contributed by atoms with E-state index in [-0.39, 0.29) is 17.2 Å². The Balaban J connectivity index is 1.92. The van der Waals surface area contributed by atoms with Gasteiger partial charge in [-0.2, -0.15) is 0 Å². The molecule has 0 aromatic carbocycles. The first kappa shape index (κ1) is 17.3. The number of aromatic nitrogens is 2. The van der Waals surface area contributed by atoms with E-state index in [0.29, 0.717) is 18.2 Å². The third kappa shape index (κ3) is 2.43. The van der Waals surface area contributed by atoms with Gasteiger partial charge >= 0.3 is 6.03 Å². The van der Waals surface area contributed by atoms with Crippen LogP contribution >= 0.6 is 0 Å². The number of hydrogen-bond acceptors (Lipinski definition) is 7. The van der Waals surface area contributed by atoms with Gasteiger partial charge in [-0.25, -0.2) is 9.48 Å². The highest BCUT2D eigenvalue weighted by molar-refractivity contribution is 6.30. The molecule has 1 atom stereocenters. The lowest BCUT2D eigenvalue weighted by Crippen LogP contribution is -2.53. The van der Waals surface area contributed by atoms with E-state index in [1.807, 2.05) is 0 Å². The summed E-state index contributed by atoms with van der Waals surface area (Å²) in [6.07, 6.45) is 3.15. The van der Waals surface area contributed by atoms with Gasteiger partial charge in [-0.3, -0.25) is 24.2 Å². The van der Waals surface area contributed by atoms with Crippen LogP contribution in [-0.2, 0) is 16.6 Å². The van der Waals surface area contributed by atoms with Gasteiger partial charge in [0.1, 0.15) is 17.9 Å². The van der Waals surface area contributed by atoms with E-state index < -0.39 is 23.4 Å². The Bertz CT molecular complexity index is 939. The number of nitrogens with zero attached hydrogens (tertiary/aromatic N) is 5. The van der Waals surface area contributed by atoms with Gasteiger partial charge in [-0.05, 0) is 18.9 Å². The zero-order valence-corrected chi connectivity index (χ0v) is 15.3. The maximum Gasteiger partial charge on any atom is 0.333 e. The lowest BCUT2D eigenvalue weighted by molar-refractivity contribution is -0.134. The molecule has 3 aliphatic heterocycles. The molecule has 10 nitrogen and oxygen atoms in total. The Morgan fingerprint density at radius 3 is 2.41 bits per heavy atom. The fourth-order valence-corrected chi connectivity index (χ4v) is 3.72. The summed E-state index contributed by atoms with van der Waals surface area (Å²) in [5.74, 6) is -1.19. The minimum atomic E-state index is -0.745. The van der Waals surface area contributed by atoms with E-state index in [1.165, 1.54) is 27.2 Å². The van der Waals surface area contributed by atoms with Crippen LogP contribution in [0.25, 0.3) is 6.08 Å². The number of urea groups is 1. The number of anilines is 1. The molecule has 10 heteroatoms. The minimum Gasteiger partial charge on any atom is -0.473 e. The van der Waals surface area contributed by atoms with Gasteiger partial charge < -0.3 is 9.64 Å². The predicted molar refractivity (Wildman–Crippen MR) is 94.3 cm³/mol. The van der Waals surface area contributed by atoms with Crippen molar-refractivity contribution in [1.29, 1.82) is 0 Å². The van der Waals surface area contributed by atoms with Crippen molar-refractivity contribution in [2.75, 3.05) is 32.1 Å². The van der Waals surface area contributed by atoms with Crippen molar-refractivity contribution in [3.05, 3.63) is 21.5 Å². The first-order chi connectivity index (χ1) is 12.8. The average molecular weight is 373 g/mol. The number of carbonyl (C=O) groups is 3. The van der Waals surface area contributed by atoms with E-state index in [1.54, 1.807) is 0 Å². The topological polar surface area (TPSA) is 105 Å². The molecule has 27 heavy (non-hydrogen) atoms. The number of ether oxygens (including phenoxy) is 1. The van der Waals surface area contributed by atoms with Gasteiger partial charge in [0.2, 0.25) is 0 Å². The zero-order valence-electron chi connectivity index (χ0n) is 15.3. The number of amides is 4. The zero-order chi connectivity index (χ0) is 19.5. The van der Waals surface area contributed by atoms with Crippen molar-refractivity contribution in [2.45, 2.75) is 18.9 Å². The lowest BCUT2D eigenvalue weighted by atomic mass is 10.1. The molecule has 142 valence electrons. The summed E-state index contributed by atoms with van der Waals surface area (Å²) in [7, 11) is 4.07. The van der Waals surface area contributed by atoms with Gasteiger partial charge in [-0.1, -0.05) is 0 Å². The van der Waals surface area contributed by atoms with E-state index in [4.69, 9.17) is 4.74 Å². The fraction of sp³-hybridized carbons (Fsp3) is 0.471. The first-order valence-electron chi connectivity index (χ1n) is 8.63. The van der Waals surface area contributed by atoms with Crippen LogP contribution in [-0.4, -0.2) is 70.7 Å². The van der Waals surface area contributed by atoms with Crippen LogP contribution in [0.1, 0.15) is 18.4 Å². The number of imide groups is 2. The third-order valence-electron chi connectivity index (χ3n) is 5.23. The van der Waals surface area contributed by atoms with Gasteiger partial charge in [-0.15, -0.1) is 5.10 Å². The maximum absolute atomic E-state index is 12.8. The number of aryl methyl sites for hydroxylation is 1. The van der Waals surface area contributed by atoms with E-state index >= 15 is 0 Å². The number of fused-ring (bicyclic) bond motifs is 3. The van der Waals surface area contributed by atoms with E-state index in [0.717, 1.165) is 33.9 Å². The molecule has 0 bridgehead atoms. The lowest BCUT2D eigenvalue weighted by Gasteiger charge is -2.34. The average Bonchev–Trinajstić information content (AvgIpc) is 3.13. The normalized spacial score (nSPS) is 22.0. The van der Waals surface area contributed by atoms with Gasteiger partial charge in [0.25, 0.3) is 23.3 Å². The molecule has 1 aromatic rings. The molecule has 2 fully saturated rings. The van der Waals surface area contributed by atoms with Crippen molar-refractivity contribution in [1.82, 2.24) is 19.6 Å². The molecule has 2 saturated heterocycles. The van der Waals surface area contributed by atoms with Crippen LogP contribution < -0.4 is 15.2 Å². The van der Waals surface area contributed by atoms with E-state index in [9.17, 15) is 19.2 Å². The molecule has 4 amide bonds. The van der Waals surface area contributed by atoms with Crippen molar-refractivity contribution in [2.24, 2.45) is 7.05 Å². The van der Waals surface area contributed by atoms with Crippen LogP contribution in [0.3, 0.4) is 0 Å². The van der Waals surface area contributed by atoms with Crippen LogP contribution in [0, 0.1) is 0 Å². The summed E-state index contributed by atoms with van der Waals surface area (Å²) in [6, 6.07) is -0.581. The second-order valence-electron chi connectivity index (χ2n) is 6.87. The van der Waals surface area contributed by atoms with Crippen LogP contribution in [0.4, 0.5) is 10.5 Å². The van der Waals surface area contributed by atoms with Crippen molar-refractivity contribution in [3.63, 3.8) is 0 Å². The molecule has 1 unspecified atom stereocenters. The van der Waals surface area contributed by atoms with Crippen molar-refractivity contribution >= 4 is 29.6 Å². The summed E-state index contributed by atoms with van der Waals surface area (Å²) >= 11 is 0. The highest BCUT2D eigenvalue weighted by atomic mass is 16.5. The number of rotatable bonds is 1. The Morgan fingerprint density at radius 2 is 1.74 bits per heavy atom. The third-order valence-corrected chi connectivity index (χ3v) is 5.23. The summed E-state index contributed by atoms with van der Waals surface area (Å²) in [6.45, 7) is 1.22. The first-order valence-corrected chi connectivity index (χ1v) is 8.63. The van der Waals surface area contributed by atoms with Crippen LogP contribution in [0.15, 0.2) is 10.4 Å². The summed E-state index contributed by atoms with van der Waals surface area (Å²) in [5, 5.41) is 4.17. The molecule has 0 N–H and O–H groups in total. The molecule has 4 rings (SSSR count). The highest BCUT2D eigenvalue weighted by Gasteiger charge is 2.40. The standard InChI is InChI=1S/C17H19N5O5/c1-19-14(23)11(15(24)20(2)17(19)26)7-10-12-13(18-21(3)16(10)25)27-8-9-5-4-6-22(9)12/h7,9H,4-6,8H2,1-3H3. The Morgan fingerprint density at radius 1 is 1.07 bits per heavy atom. The van der Waals surface area contributed by atoms with Crippen molar-refractivity contribution in [3.8, 4) is 5.88 Å². The molecule has 0 saturated carbocycles. The molecule has 3 aliphatic rings. The molecule has 0 radical (unpaired) electrons. The molecular weight excluding hydrogens is 354 g/mol. The van der Waals surface area contributed by atoms with E-state index in [2.05, 4.69) is 10.00 Å². The van der Waals surface area contributed by atoms with Crippen molar-refractivity contribution < 1.29 is 19.1 Å². The molecule has 4 heterocycles. The van der Waals surface area contributed by atoms with Gasteiger partial charge in [0, 0.05) is 27.7 Å². The molecule has 0 aliphatic carbocycles. The van der Waals surface area contributed by atoms with Gasteiger partial charge in [0.05, 0.1) is 11.6 Å². The molecule has 1 aromatic heterocycles. The molecular formula is C17H19N5O5. The Labute approximate surface area is 154 Å². The maximum atomic E-state index is 12.8. The number of barbiturate groups is 1. The summed E-state index contributed by atoms with van der Waals surface area (Å²) in [5.41, 5.74) is -0.0178.